The lowest BCUT2D eigenvalue weighted by atomic mass is 9.99. The predicted molar refractivity (Wildman–Crippen MR) is 111 cm³/mol. The minimum atomic E-state index is -0.989. The van der Waals surface area contributed by atoms with Crippen LogP contribution in [0.5, 0.6) is 0 Å². The van der Waals surface area contributed by atoms with E-state index in [0.717, 1.165) is 40.8 Å². The smallest absolute Gasteiger partial charge is 0.159 e. The normalized spacial score (nSPS) is 11.1. The van der Waals surface area contributed by atoms with Crippen LogP contribution in [0.3, 0.4) is 0 Å². The third-order valence-electron chi connectivity index (χ3n) is 4.70. The molecule has 0 aliphatic carbocycles. The van der Waals surface area contributed by atoms with Gasteiger partial charge >= 0.3 is 0 Å². The van der Waals surface area contributed by atoms with Gasteiger partial charge in [-0.2, -0.15) is 0 Å². The number of aryl methyl sites for hydroxylation is 1. The van der Waals surface area contributed by atoms with Gasteiger partial charge < -0.3 is 0 Å². The molecule has 0 aliphatic rings. The Morgan fingerprint density at radius 3 is 2.21 bits per heavy atom. The Morgan fingerprint density at radius 1 is 0.750 bits per heavy atom. The molecule has 0 amide bonds. The monoisotopic (exact) mass is 394 g/mol. The highest BCUT2D eigenvalue weighted by atomic mass is 32.1. The SMILES string of the molecule is C=CCCc1cc2ccc(-c3ccc(-c4ccc(F)c(F)c4)c(F)c3)cc2s1. The molecule has 0 nitrogen and oxygen atoms in total. The van der Waals surface area contributed by atoms with E-state index in [1.54, 1.807) is 23.5 Å². The zero-order chi connectivity index (χ0) is 19.7. The maximum atomic E-state index is 14.7. The van der Waals surface area contributed by atoms with E-state index < -0.39 is 17.5 Å². The molecule has 1 heterocycles. The van der Waals surface area contributed by atoms with Crippen molar-refractivity contribution in [3.05, 3.63) is 95.6 Å². The first-order valence-electron chi connectivity index (χ1n) is 8.94. The average molecular weight is 394 g/mol. The van der Waals surface area contributed by atoms with E-state index in [0.29, 0.717) is 5.56 Å². The van der Waals surface area contributed by atoms with Crippen molar-refractivity contribution in [1.82, 2.24) is 0 Å². The molecule has 140 valence electrons. The summed E-state index contributed by atoms with van der Waals surface area (Å²) in [6, 6.07) is 16.5. The molecule has 1 aromatic heterocycles. The molecule has 4 heteroatoms. The molecule has 28 heavy (non-hydrogen) atoms. The Balaban J connectivity index is 1.68. The summed E-state index contributed by atoms with van der Waals surface area (Å²) in [4.78, 5) is 1.30. The minimum absolute atomic E-state index is 0.242. The minimum Gasteiger partial charge on any atom is -0.206 e. The molecule has 0 fully saturated rings. The van der Waals surface area contributed by atoms with Crippen molar-refractivity contribution in [1.29, 1.82) is 0 Å². The highest BCUT2D eigenvalue weighted by Crippen LogP contribution is 2.33. The van der Waals surface area contributed by atoms with E-state index >= 15 is 0 Å². The van der Waals surface area contributed by atoms with Crippen LogP contribution < -0.4 is 0 Å². The van der Waals surface area contributed by atoms with Gasteiger partial charge in [0.2, 0.25) is 0 Å². The fraction of sp³-hybridized carbons (Fsp3) is 0.0833. The second kappa shape index (κ2) is 7.64. The zero-order valence-corrected chi connectivity index (χ0v) is 15.8. The van der Waals surface area contributed by atoms with Crippen molar-refractivity contribution in [3.8, 4) is 22.3 Å². The van der Waals surface area contributed by atoms with Crippen LogP contribution in [0, 0.1) is 17.5 Å². The zero-order valence-electron chi connectivity index (χ0n) is 15.0. The van der Waals surface area contributed by atoms with E-state index in [4.69, 9.17) is 0 Å². The van der Waals surface area contributed by atoms with Crippen molar-refractivity contribution in [3.63, 3.8) is 0 Å². The van der Waals surface area contributed by atoms with Gasteiger partial charge in [-0.3, -0.25) is 0 Å². The lowest BCUT2D eigenvalue weighted by Gasteiger charge is -2.08. The molecule has 0 atom stereocenters. The van der Waals surface area contributed by atoms with Gasteiger partial charge in [0.1, 0.15) is 5.82 Å². The molecular weight excluding hydrogens is 377 g/mol. The number of allylic oxidation sites excluding steroid dienone is 1. The molecule has 0 saturated carbocycles. The van der Waals surface area contributed by atoms with Gasteiger partial charge in [-0.05, 0) is 65.3 Å². The summed E-state index contributed by atoms with van der Waals surface area (Å²) in [5.74, 6) is -2.41. The number of benzene rings is 3. The number of rotatable bonds is 5. The molecule has 0 bridgehead atoms. The van der Waals surface area contributed by atoms with Gasteiger partial charge in [-0.1, -0.05) is 36.4 Å². The topological polar surface area (TPSA) is 0 Å². The largest absolute Gasteiger partial charge is 0.206 e. The van der Waals surface area contributed by atoms with Crippen LogP contribution in [0.4, 0.5) is 13.2 Å². The Kier molecular flexibility index (Phi) is 5.05. The molecule has 0 spiro atoms. The van der Waals surface area contributed by atoms with Crippen molar-refractivity contribution >= 4 is 21.4 Å². The van der Waals surface area contributed by atoms with Crippen LogP contribution in [0.2, 0.25) is 0 Å². The molecule has 0 aliphatic heterocycles. The van der Waals surface area contributed by atoms with E-state index in [1.807, 2.05) is 18.2 Å². The van der Waals surface area contributed by atoms with E-state index in [1.165, 1.54) is 22.4 Å². The van der Waals surface area contributed by atoms with Gasteiger partial charge in [0.15, 0.2) is 11.6 Å². The molecule has 3 aromatic carbocycles. The molecular formula is C24H17F3S. The first-order valence-corrected chi connectivity index (χ1v) is 9.75. The highest BCUT2D eigenvalue weighted by Gasteiger charge is 2.11. The van der Waals surface area contributed by atoms with Gasteiger partial charge in [-0.15, -0.1) is 17.9 Å². The first-order chi connectivity index (χ1) is 13.5. The maximum Gasteiger partial charge on any atom is 0.159 e. The number of fused-ring (bicyclic) bond motifs is 1. The van der Waals surface area contributed by atoms with Crippen LogP contribution in [0.25, 0.3) is 32.3 Å². The van der Waals surface area contributed by atoms with Crippen molar-refractivity contribution in [2.45, 2.75) is 12.8 Å². The van der Waals surface area contributed by atoms with E-state index in [2.05, 4.69) is 18.7 Å². The first kappa shape index (κ1) is 18.5. The Hall–Kier alpha value is -2.85. The number of hydrogen-bond donors (Lipinski definition) is 0. The lowest BCUT2D eigenvalue weighted by Crippen LogP contribution is -1.89. The summed E-state index contributed by atoms with van der Waals surface area (Å²) in [7, 11) is 0. The molecule has 0 saturated heterocycles. The van der Waals surface area contributed by atoms with Crippen LogP contribution in [0.15, 0.2) is 73.3 Å². The summed E-state index contributed by atoms with van der Waals surface area (Å²) in [6.45, 7) is 3.76. The van der Waals surface area contributed by atoms with Crippen molar-refractivity contribution in [2.24, 2.45) is 0 Å². The molecule has 4 rings (SSSR count). The standard InChI is InChI=1S/C24H17F3S/c1-2-3-4-19-11-18-6-5-16(14-24(18)28-19)15-7-9-20(22(26)12-15)17-8-10-21(25)23(27)13-17/h2,5-14H,1,3-4H2. The summed E-state index contributed by atoms with van der Waals surface area (Å²) in [5.41, 5.74) is 2.21. The van der Waals surface area contributed by atoms with Gasteiger partial charge in [-0.25, -0.2) is 13.2 Å². The van der Waals surface area contributed by atoms with Crippen molar-refractivity contribution in [2.75, 3.05) is 0 Å². The summed E-state index contributed by atoms with van der Waals surface area (Å²) in [5, 5.41) is 1.17. The highest BCUT2D eigenvalue weighted by molar-refractivity contribution is 7.19. The van der Waals surface area contributed by atoms with Crippen LogP contribution in [-0.4, -0.2) is 0 Å². The van der Waals surface area contributed by atoms with Gasteiger partial charge in [0, 0.05) is 15.1 Å². The van der Waals surface area contributed by atoms with E-state index in [9.17, 15) is 13.2 Å². The fourth-order valence-electron chi connectivity index (χ4n) is 3.23. The maximum absolute atomic E-state index is 14.7. The summed E-state index contributed by atoms with van der Waals surface area (Å²) >= 11 is 1.73. The Labute approximate surface area is 165 Å². The lowest BCUT2D eigenvalue weighted by molar-refractivity contribution is 0.509. The van der Waals surface area contributed by atoms with Crippen LogP contribution in [0.1, 0.15) is 11.3 Å². The Morgan fingerprint density at radius 2 is 1.46 bits per heavy atom. The summed E-state index contributed by atoms with van der Waals surface area (Å²) < 4.78 is 42.4. The van der Waals surface area contributed by atoms with Gasteiger partial charge in [0.05, 0.1) is 0 Å². The number of thiophene rings is 1. The molecule has 0 radical (unpaired) electrons. The number of halogens is 3. The molecule has 0 N–H and O–H groups in total. The van der Waals surface area contributed by atoms with E-state index in [-0.39, 0.29) is 5.56 Å². The molecule has 4 aromatic rings. The Bertz CT molecular complexity index is 1170. The van der Waals surface area contributed by atoms with Crippen molar-refractivity contribution < 1.29 is 13.2 Å². The third-order valence-corrected chi connectivity index (χ3v) is 5.86. The quantitative estimate of drug-likeness (QED) is 0.303. The fourth-order valence-corrected chi connectivity index (χ4v) is 4.34. The summed E-state index contributed by atoms with van der Waals surface area (Å²) in [6.07, 6.45) is 3.82. The van der Waals surface area contributed by atoms with Crippen LogP contribution in [-0.2, 0) is 6.42 Å². The predicted octanol–water partition coefficient (Wildman–Crippen LogP) is 7.77. The second-order valence-electron chi connectivity index (χ2n) is 6.62. The number of hydrogen-bond acceptors (Lipinski definition) is 1. The molecule has 0 unspecified atom stereocenters. The third kappa shape index (κ3) is 3.60. The van der Waals surface area contributed by atoms with Crippen LogP contribution >= 0.6 is 11.3 Å². The second-order valence-corrected chi connectivity index (χ2v) is 7.78. The average Bonchev–Trinajstić information content (AvgIpc) is 3.10. The van der Waals surface area contributed by atoms with Gasteiger partial charge in [0.25, 0.3) is 0 Å².